The molecule has 0 saturated carbocycles. The van der Waals surface area contributed by atoms with Gasteiger partial charge in [0.15, 0.2) is 0 Å². The van der Waals surface area contributed by atoms with Gasteiger partial charge in [-0.25, -0.2) is 4.79 Å². The molecule has 1 aromatic heterocycles. The van der Waals surface area contributed by atoms with E-state index >= 15 is 0 Å². The average Bonchev–Trinajstić information content (AvgIpc) is 2.65. The van der Waals surface area contributed by atoms with E-state index < -0.39 is 22.8 Å². The molecule has 0 unspecified atom stereocenters. The van der Waals surface area contributed by atoms with E-state index in [2.05, 4.69) is 4.42 Å². The van der Waals surface area contributed by atoms with Crippen molar-refractivity contribution >= 4 is 11.7 Å². The quantitative estimate of drug-likeness (QED) is 0.733. The zero-order valence-corrected chi connectivity index (χ0v) is 12.2. The molecule has 1 aliphatic rings. The predicted octanol–water partition coefficient (Wildman–Crippen LogP) is 0.399. The van der Waals surface area contributed by atoms with Gasteiger partial charge in [0.2, 0.25) is 0 Å². The molecule has 0 atom stereocenters. The van der Waals surface area contributed by atoms with Gasteiger partial charge in [-0.05, 0) is 24.6 Å². The van der Waals surface area contributed by atoms with E-state index in [0.717, 1.165) is 11.8 Å². The summed E-state index contributed by atoms with van der Waals surface area (Å²) in [5.41, 5.74) is -1.78. The maximum atomic E-state index is 12.1. The van der Waals surface area contributed by atoms with Crippen molar-refractivity contribution in [1.29, 1.82) is 0 Å². The number of rotatable bonds is 1. The van der Waals surface area contributed by atoms with Crippen LogP contribution in [0.4, 0.5) is 0 Å². The number of hydrogen-bond acceptors (Lipinski definition) is 7. The minimum absolute atomic E-state index is 0.0145. The zero-order chi connectivity index (χ0) is 16.7. The Hall–Kier alpha value is -3.22. The van der Waals surface area contributed by atoms with E-state index in [-0.39, 0.29) is 27.5 Å². The third kappa shape index (κ3) is 2.22. The molecular formula is C16H12O7. The molecule has 0 spiro atoms. The molecule has 2 N–H and O–H groups in total. The van der Waals surface area contributed by atoms with Crippen LogP contribution in [0.25, 0.3) is 11.7 Å². The molecule has 0 bridgehead atoms. The number of benzene rings is 1. The van der Waals surface area contributed by atoms with Gasteiger partial charge in [-0.2, -0.15) is 0 Å². The summed E-state index contributed by atoms with van der Waals surface area (Å²) in [5.74, 6) is -0.748. The summed E-state index contributed by atoms with van der Waals surface area (Å²) >= 11 is 0. The highest BCUT2D eigenvalue weighted by atomic mass is 16.6. The molecule has 1 aromatic carbocycles. The maximum Gasteiger partial charge on any atom is 0.384 e. The van der Waals surface area contributed by atoms with E-state index in [1.54, 1.807) is 19.1 Å². The lowest BCUT2D eigenvalue weighted by Crippen LogP contribution is -2.36. The summed E-state index contributed by atoms with van der Waals surface area (Å²) in [7, 11) is 1.26. The van der Waals surface area contributed by atoms with Crippen molar-refractivity contribution in [3.05, 3.63) is 66.7 Å². The Kier molecular flexibility index (Phi) is 3.33. The SMILES string of the molecule is COC(O)=c1cc(C)cc2c1=C(O)c1c(ccoc(=O)c1=O)O2. The smallest absolute Gasteiger partial charge is 0.384 e. The molecular weight excluding hydrogens is 304 g/mol. The molecule has 0 aliphatic carbocycles. The number of ether oxygens (including phenoxy) is 2. The summed E-state index contributed by atoms with van der Waals surface area (Å²) in [6.45, 7) is 1.76. The van der Waals surface area contributed by atoms with Crippen molar-refractivity contribution in [2.24, 2.45) is 0 Å². The van der Waals surface area contributed by atoms with Gasteiger partial charge in [0, 0.05) is 6.07 Å². The first-order valence-electron chi connectivity index (χ1n) is 6.59. The topological polar surface area (TPSA) is 106 Å². The molecule has 0 amide bonds. The van der Waals surface area contributed by atoms with Crippen molar-refractivity contribution in [3.8, 4) is 11.5 Å². The molecule has 23 heavy (non-hydrogen) atoms. The number of aliphatic hydroxyl groups excluding tert-OH is 2. The number of fused-ring (bicyclic) bond motifs is 2. The Morgan fingerprint density at radius 2 is 1.96 bits per heavy atom. The highest BCUT2D eigenvalue weighted by Gasteiger charge is 2.24. The van der Waals surface area contributed by atoms with E-state index in [1.807, 2.05) is 0 Å². The lowest BCUT2D eigenvalue weighted by atomic mass is 10.0. The number of hydrogen-bond donors (Lipinski definition) is 2. The van der Waals surface area contributed by atoms with Gasteiger partial charge in [0.1, 0.15) is 22.8 Å². The molecule has 1 aliphatic heterocycles. The summed E-state index contributed by atoms with van der Waals surface area (Å²) in [6.07, 6.45) is 1.01. The number of aryl methyl sites for hydroxylation is 1. The first kappa shape index (κ1) is 14.7. The summed E-state index contributed by atoms with van der Waals surface area (Å²) in [5, 5.41) is 20.6. The highest BCUT2D eigenvalue weighted by molar-refractivity contribution is 5.69. The van der Waals surface area contributed by atoms with Crippen molar-refractivity contribution in [2.75, 3.05) is 7.11 Å². The molecule has 2 heterocycles. The van der Waals surface area contributed by atoms with Crippen LogP contribution in [-0.4, -0.2) is 17.3 Å². The van der Waals surface area contributed by atoms with Crippen LogP contribution < -0.4 is 26.2 Å². The minimum Gasteiger partial charge on any atom is -0.506 e. The van der Waals surface area contributed by atoms with Crippen molar-refractivity contribution < 1.29 is 24.1 Å². The lowest BCUT2D eigenvalue weighted by molar-refractivity contribution is 0.231. The van der Waals surface area contributed by atoms with Gasteiger partial charge in [-0.15, -0.1) is 0 Å². The second kappa shape index (κ2) is 5.20. The maximum absolute atomic E-state index is 12.1. The first-order valence-corrected chi connectivity index (χ1v) is 6.59. The normalized spacial score (nSPS) is 13.6. The summed E-state index contributed by atoms with van der Waals surface area (Å²) < 4.78 is 15.0. The minimum atomic E-state index is -1.14. The Morgan fingerprint density at radius 3 is 2.65 bits per heavy atom. The number of methoxy groups -OCH3 is 1. The molecule has 0 radical (unpaired) electrons. The van der Waals surface area contributed by atoms with Crippen LogP contribution in [0.1, 0.15) is 11.1 Å². The van der Waals surface area contributed by atoms with E-state index in [9.17, 15) is 19.8 Å². The van der Waals surface area contributed by atoms with Crippen LogP contribution in [0.2, 0.25) is 0 Å². The summed E-state index contributed by atoms with van der Waals surface area (Å²) in [6, 6.07) is 4.44. The van der Waals surface area contributed by atoms with E-state index in [4.69, 9.17) is 9.47 Å². The average molecular weight is 316 g/mol. The molecule has 118 valence electrons. The molecule has 3 rings (SSSR count). The van der Waals surface area contributed by atoms with Gasteiger partial charge in [-0.1, -0.05) is 0 Å². The third-order valence-corrected chi connectivity index (χ3v) is 3.42. The van der Waals surface area contributed by atoms with E-state index in [1.165, 1.54) is 13.2 Å². The lowest BCUT2D eigenvalue weighted by Gasteiger charge is -2.16. The Bertz CT molecular complexity index is 1050. The van der Waals surface area contributed by atoms with Crippen molar-refractivity contribution in [3.63, 3.8) is 0 Å². The monoisotopic (exact) mass is 316 g/mol. The van der Waals surface area contributed by atoms with Crippen LogP contribution >= 0.6 is 0 Å². The van der Waals surface area contributed by atoms with Crippen LogP contribution in [0.5, 0.6) is 11.5 Å². The van der Waals surface area contributed by atoms with Crippen LogP contribution in [0, 0.1) is 6.92 Å². The zero-order valence-electron chi connectivity index (χ0n) is 12.2. The fraction of sp³-hybridized carbons (Fsp3) is 0.125. The third-order valence-electron chi connectivity index (χ3n) is 3.42. The second-order valence-corrected chi connectivity index (χ2v) is 4.92. The number of aliphatic hydroxyl groups is 2. The Balaban J connectivity index is 2.62. The van der Waals surface area contributed by atoms with Gasteiger partial charge >= 0.3 is 5.63 Å². The fourth-order valence-corrected chi connectivity index (χ4v) is 2.42. The van der Waals surface area contributed by atoms with Gasteiger partial charge in [-0.3, -0.25) is 4.79 Å². The Morgan fingerprint density at radius 1 is 1.22 bits per heavy atom. The highest BCUT2D eigenvalue weighted by Crippen LogP contribution is 2.27. The first-order chi connectivity index (χ1) is 10.9. The van der Waals surface area contributed by atoms with Gasteiger partial charge in [0.05, 0.1) is 23.8 Å². The molecule has 0 fully saturated rings. The van der Waals surface area contributed by atoms with Crippen LogP contribution in [0.3, 0.4) is 0 Å². The van der Waals surface area contributed by atoms with Crippen molar-refractivity contribution in [1.82, 2.24) is 0 Å². The van der Waals surface area contributed by atoms with Crippen LogP contribution in [0.15, 0.2) is 38.5 Å². The predicted molar refractivity (Wildman–Crippen MR) is 79.9 cm³/mol. The Labute approximate surface area is 129 Å². The molecule has 7 nitrogen and oxygen atoms in total. The van der Waals surface area contributed by atoms with Gasteiger partial charge in [0.25, 0.3) is 11.4 Å². The summed E-state index contributed by atoms with van der Waals surface area (Å²) in [4.78, 5) is 23.6. The van der Waals surface area contributed by atoms with Gasteiger partial charge < -0.3 is 24.1 Å². The van der Waals surface area contributed by atoms with Crippen molar-refractivity contribution in [2.45, 2.75) is 6.92 Å². The molecule has 2 aromatic rings. The van der Waals surface area contributed by atoms with E-state index in [0.29, 0.717) is 0 Å². The molecule has 7 heteroatoms. The fourth-order valence-electron chi connectivity index (χ4n) is 2.42. The molecule has 0 saturated heterocycles. The largest absolute Gasteiger partial charge is 0.506 e. The van der Waals surface area contributed by atoms with Crippen LogP contribution in [-0.2, 0) is 4.74 Å². The second-order valence-electron chi connectivity index (χ2n) is 4.92. The standard InChI is InChI=1S/C16H12O7/c1-7-5-8(15(19)21-2)11-10(6-7)23-9-3-4-22-16(20)14(18)12(9)13(11)17/h3-6,17,19H,1-2H3.